The SMILES string of the molecule is CC(NC(=O)CCCC(=O)O)C1CCCO1. The first-order chi connectivity index (χ1) is 7.59. The Bertz CT molecular complexity index is 248. The minimum absolute atomic E-state index is 0.0137. The van der Waals surface area contributed by atoms with E-state index in [0.29, 0.717) is 6.42 Å². The van der Waals surface area contributed by atoms with Crippen molar-refractivity contribution in [3.63, 3.8) is 0 Å². The minimum Gasteiger partial charge on any atom is -0.481 e. The van der Waals surface area contributed by atoms with E-state index in [0.717, 1.165) is 19.4 Å². The Kier molecular flexibility index (Phi) is 5.25. The summed E-state index contributed by atoms with van der Waals surface area (Å²) in [5, 5.41) is 11.3. The van der Waals surface area contributed by atoms with Gasteiger partial charge in [-0.1, -0.05) is 0 Å². The van der Waals surface area contributed by atoms with Crippen molar-refractivity contribution in [3.8, 4) is 0 Å². The number of hydrogen-bond acceptors (Lipinski definition) is 3. The number of carboxylic acids is 1. The third-order valence-electron chi connectivity index (χ3n) is 2.71. The highest BCUT2D eigenvalue weighted by molar-refractivity contribution is 5.77. The molecule has 1 aliphatic heterocycles. The molecule has 0 aromatic carbocycles. The van der Waals surface area contributed by atoms with Gasteiger partial charge in [-0.25, -0.2) is 0 Å². The van der Waals surface area contributed by atoms with E-state index in [1.165, 1.54) is 0 Å². The molecule has 5 heteroatoms. The molecule has 0 saturated carbocycles. The average Bonchev–Trinajstić information content (AvgIpc) is 2.69. The molecule has 5 nitrogen and oxygen atoms in total. The first-order valence-electron chi connectivity index (χ1n) is 5.72. The molecule has 2 unspecified atom stereocenters. The molecule has 0 radical (unpaired) electrons. The summed E-state index contributed by atoms with van der Waals surface area (Å²) < 4.78 is 5.45. The topological polar surface area (TPSA) is 75.6 Å². The van der Waals surface area contributed by atoms with Crippen LogP contribution < -0.4 is 5.32 Å². The smallest absolute Gasteiger partial charge is 0.303 e. The van der Waals surface area contributed by atoms with Crippen LogP contribution in [0, 0.1) is 0 Å². The molecular weight excluding hydrogens is 210 g/mol. The van der Waals surface area contributed by atoms with Crippen LogP contribution >= 0.6 is 0 Å². The Morgan fingerprint density at radius 1 is 1.50 bits per heavy atom. The fourth-order valence-electron chi connectivity index (χ4n) is 1.82. The molecule has 0 bridgehead atoms. The monoisotopic (exact) mass is 229 g/mol. The van der Waals surface area contributed by atoms with Crippen molar-refractivity contribution >= 4 is 11.9 Å². The highest BCUT2D eigenvalue weighted by Crippen LogP contribution is 2.15. The lowest BCUT2D eigenvalue weighted by Gasteiger charge is -2.19. The predicted octanol–water partition coefficient (Wildman–Crippen LogP) is 0.925. The van der Waals surface area contributed by atoms with E-state index < -0.39 is 5.97 Å². The van der Waals surface area contributed by atoms with Crippen LogP contribution in [-0.2, 0) is 14.3 Å². The van der Waals surface area contributed by atoms with Gasteiger partial charge in [0.1, 0.15) is 0 Å². The van der Waals surface area contributed by atoms with E-state index >= 15 is 0 Å². The van der Waals surface area contributed by atoms with E-state index in [9.17, 15) is 9.59 Å². The van der Waals surface area contributed by atoms with Crippen molar-refractivity contribution in [3.05, 3.63) is 0 Å². The summed E-state index contributed by atoms with van der Waals surface area (Å²) in [5.74, 6) is -0.954. The standard InChI is InChI=1S/C11H19NO4/c1-8(9-4-3-7-16-9)12-10(13)5-2-6-11(14)15/h8-9H,2-7H2,1H3,(H,12,13)(H,14,15). The Balaban J connectivity index is 2.15. The van der Waals surface area contributed by atoms with Crippen molar-refractivity contribution in [1.82, 2.24) is 5.32 Å². The van der Waals surface area contributed by atoms with E-state index in [2.05, 4.69) is 5.32 Å². The zero-order valence-corrected chi connectivity index (χ0v) is 9.57. The summed E-state index contributed by atoms with van der Waals surface area (Å²) >= 11 is 0. The van der Waals surface area contributed by atoms with Gasteiger partial charge in [-0.3, -0.25) is 9.59 Å². The van der Waals surface area contributed by atoms with Crippen LogP contribution in [0.3, 0.4) is 0 Å². The molecule has 92 valence electrons. The number of amides is 1. The summed E-state index contributed by atoms with van der Waals surface area (Å²) in [4.78, 5) is 21.7. The van der Waals surface area contributed by atoms with Gasteiger partial charge >= 0.3 is 5.97 Å². The molecule has 1 amide bonds. The molecule has 0 aliphatic carbocycles. The summed E-state index contributed by atoms with van der Waals surface area (Å²) in [6.07, 6.45) is 2.84. The second kappa shape index (κ2) is 6.48. The van der Waals surface area contributed by atoms with Gasteiger partial charge in [0.2, 0.25) is 5.91 Å². The predicted molar refractivity (Wildman–Crippen MR) is 58.1 cm³/mol. The Morgan fingerprint density at radius 3 is 2.81 bits per heavy atom. The van der Waals surface area contributed by atoms with Crippen molar-refractivity contribution in [2.24, 2.45) is 0 Å². The van der Waals surface area contributed by atoms with Crippen LogP contribution in [0.5, 0.6) is 0 Å². The minimum atomic E-state index is -0.861. The Labute approximate surface area is 95.2 Å². The van der Waals surface area contributed by atoms with Crippen molar-refractivity contribution in [1.29, 1.82) is 0 Å². The summed E-state index contributed by atoms with van der Waals surface area (Å²) in [5.41, 5.74) is 0. The highest BCUT2D eigenvalue weighted by atomic mass is 16.5. The fraction of sp³-hybridized carbons (Fsp3) is 0.818. The van der Waals surface area contributed by atoms with E-state index in [1.54, 1.807) is 0 Å². The van der Waals surface area contributed by atoms with Gasteiger partial charge in [0.05, 0.1) is 12.1 Å². The van der Waals surface area contributed by atoms with Crippen LogP contribution in [0.1, 0.15) is 39.0 Å². The highest BCUT2D eigenvalue weighted by Gasteiger charge is 2.23. The van der Waals surface area contributed by atoms with Crippen molar-refractivity contribution in [2.45, 2.75) is 51.2 Å². The number of carboxylic acid groups (broad SMARTS) is 1. The Hall–Kier alpha value is -1.10. The van der Waals surface area contributed by atoms with Crippen LogP contribution in [0.2, 0.25) is 0 Å². The van der Waals surface area contributed by atoms with Crippen LogP contribution in [-0.4, -0.2) is 35.7 Å². The van der Waals surface area contributed by atoms with Gasteiger partial charge in [0.25, 0.3) is 0 Å². The summed E-state index contributed by atoms with van der Waals surface area (Å²) in [6, 6.07) is 0.0137. The van der Waals surface area contributed by atoms with Gasteiger partial charge in [-0.15, -0.1) is 0 Å². The number of nitrogens with one attached hydrogen (secondary N) is 1. The number of aliphatic carboxylic acids is 1. The largest absolute Gasteiger partial charge is 0.481 e. The molecule has 0 aromatic heterocycles. The molecule has 1 rings (SSSR count). The molecule has 1 aliphatic rings. The number of hydrogen-bond donors (Lipinski definition) is 2. The molecule has 2 N–H and O–H groups in total. The van der Waals surface area contributed by atoms with E-state index in [4.69, 9.17) is 9.84 Å². The number of rotatable bonds is 6. The van der Waals surface area contributed by atoms with Crippen molar-refractivity contribution < 1.29 is 19.4 Å². The first-order valence-corrected chi connectivity index (χ1v) is 5.72. The lowest BCUT2D eigenvalue weighted by Crippen LogP contribution is -2.40. The molecule has 0 aromatic rings. The average molecular weight is 229 g/mol. The normalized spacial score (nSPS) is 21.7. The molecule has 0 spiro atoms. The van der Waals surface area contributed by atoms with Crippen LogP contribution in [0.15, 0.2) is 0 Å². The maximum Gasteiger partial charge on any atom is 0.303 e. The van der Waals surface area contributed by atoms with Gasteiger partial charge in [-0.2, -0.15) is 0 Å². The second-order valence-corrected chi connectivity index (χ2v) is 4.15. The lowest BCUT2D eigenvalue weighted by atomic mass is 10.1. The summed E-state index contributed by atoms with van der Waals surface area (Å²) in [7, 11) is 0. The second-order valence-electron chi connectivity index (χ2n) is 4.15. The number of carbonyl (C=O) groups excluding carboxylic acids is 1. The fourth-order valence-corrected chi connectivity index (χ4v) is 1.82. The van der Waals surface area contributed by atoms with E-state index in [-0.39, 0.29) is 30.9 Å². The molecule has 16 heavy (non-hydrogen) atoms. The van der Waals surface area contributed by atoms with E-state index in [1.807, 2.05) is 6.92 Å². The number of ether oxygens (including phenoxy) is 1. The summed E-state index contributed by atoms with van der Waals surface area (Å²) in [6.45, 7) is 2.69. The van der Waals surface area contributed by atoms with Gasteiger partial charge in [0, 0.05) is 19.4 Å². The molecule has 1 saturated heterocycles. The molecule has 1 fully saturated rings. The molecule has 2 atom stereocenters. The zero-order chi connectivity index (χ0) is 12.0. The third kappa shape index (κ3) is 4.61. The molecule has 1 heterocycles. The maximum atomic E-state index is 11.4. The quantitative estimate of drug-likeness (QED) is 0.710. The van der Waals surface area contributed by atoms with Gasteiger partial charge in [0.15, 0.2) is 0 Å². The van der Waals surface area contributed by atoms with Gasteiger partial charge < -0.3 is 15.2 Å². The zero-order valence-electron chi connectivity index (χ0n) is 9.57. The number of carbonyl (C=O) groups is 2. The van der Waals surface area contributed by atoms with Crippen LogP contribution in [0.25, 0.3) is 0 Å². The lowest BCUT2D eigenvalue weighted by molar-refractivity contribution is -0.137. The first kappa shape index (κ1) is 13.0. The third-order valence-corrected chi connectivity index (χ3v) is 2.71. The van der Waals surface area contributed by atoms with Gasteiger partial charge in [-0.05, 0) is 26.2 Å². The maximum absolute atomic E-state index is 11.4. The van der Waals surface area contributed by atoms with Crippen molar-refractivity contribution in [2.75, 3.05) is 6.61 Å². The van der Waals surface area contributed by atoms with Crippen LogP contribution in [0.4, 0.5) is 0 Å². The Morgan fingerprint density at radius 2 is 2.25 bits per heavy atom. The molecular formula is C11H19NO4.